The van der Waals surface area contributed by atoms with Crippen LogP contribution in [0.2, 0.25) is 0 Å². The topological polar surface area (TPSA) is 76.2 Å². The molecule has 1 aliphatic heterocycles. The van der Waals surface area contributed by atoms with Crippen molar-refractivity contribution in [3.8, 4) is 0 Å². The molecule has 0 radical (unpaired) electrons. The molecule has 0 aliphatic carbocycles. The number of hydrogen-bond acceptors (Lipinski definition) is 5. The average molecular weight is 427 g/mol. The Balaban J connectivity index is 0.000000298. The predicted octanol–water partition coefficient (Wildman–Crippen LogP) is 3.40. The van der Waals surface area contributed by atoms with Gasteiger partial charge in [-0.15, -0.1) is 11.3 Å². The molecule has 0 bridgehead atoms. The molecule has 1 N–H and O–H groups in total. The zero-order valence-electron chi connectivity index (χ0n) is 15.6. The number of carbonyl (C=O) groups is 1. The molecule has 4 heterocycles. The molecule has 4 rings (SSSR count). The third-order valence-corrected chi connectivity index (χ3v) is 5.43. The van der Waals surface area contributed by atoms with Crippen molar-refractivity contribution in [2.24, 2.45) is 0 Å². The fourth-order valence-electron chi connectivity index (χ4n) is 3.11. The van der Waals surface area contributed by atoms with Crippen LogP contribution in [0.3, 0.4) is 0 Å². The third-order valence-electron chi connectivity index (χ3n) is 4.57. The smallest absolute Gasteiger partial charge is 0.475 e. The van der Waals surface area contributed by atoms with Crippen molar-refractivity contribution >= 4 is 17.3 Å². The summed E-state index contributed by atoms with van der Waals surface area (Å²) in [4.78, 5) is 17.5. The maximum absolute atomic E-state index is 10.6. The standard InChI is InChI=1S/C16H19N5S.C2HF3O2/c1-13-16-17-10-14(11-20-6-3-5-18-20)21(16)8-7-19(13)12-15-4-2-9-22-15;3-2(4,5)1(6)7/h2-6,9-10,13H,7-8,11-12H2,1H3;(H,6,7). The molecule has 0 fully saturated rings. The quantitative estimate of drug-likeness (QED) is 0.691. The minimum Gasteiger partial charge on any atom is -0.475 e. The molecule has 1 aliphatic rings. The summed E-state index contributed by atoms with van der Waals surface area (Å²) in [5, 5.41) is 13.6. The first kappa shape index (κ1) is 21.1. The number of carboxylic acids is 1. The molecule has 7 nitrogen and oxygen atoms in total. The van der Waals surface area contributed by atoms with Crippen molar-refractivity contribution in [2.45, 2.75) is 38.8 Å². The van der Waals surface area contributed by atoms with Crippen LogP contribution >= 0.6 is 11.3 Å². The van der Waals surface area contributed by atoms with Gasteiger partial charge in [-0.25, -0.2) is 9.78 Å². The van der Waals surface area contributed by atoms with Gasteiger partial charge in [0.25, 0.3) is 0 Å². The van der Waals surface area contributed by atoms with Crippen LogP contribution in [0, 0.1) is 0 Å². The number of imidazole rings is 1. The van der Waals surface area contributed by atoms with Crippen LogP contribution in [0.4, 0.5) is 13.2 Å². The monoisotopic (exact) mass is 427 g/mol. The molecule has 0 saturated carbocycles. The number of carboxylic acid groups (broad SMARTS) is 1. The highest BCUT2D eigenvalue weighted by Crippen LogP contribution is 2.28. The molecule has 0 aromatic carbocycles. The Morgan fingerprint density at radius 2 is 2.07 bits per heavy atom. The zero-order chi connectivity index (χ0) is 21.0. The van der Waals surface area contributed by atoms with Crippen LogP contribution in [-0.4, -0.2) is 48.0 Å². The van der Waals surface area contributed by atoms with Crippen molar-refractivity contribution in [1.29, 1.82) is 0 Å². The highest BCUT2D eigenvalue weighted by molar-refractivity contribution is 7.09. The lowest BCUT2D eigenvalue weighted by Gasteiger charge is -2.34. The third kappa shape index (κ3) is 5.24. The SMILES string of the molecule is CC1c2ncc(Cn3cccn3)n2CCN1Cc1cccs1.O=C(O)C(F)(F)F. The number of alkyl halides is 3. The first-order valence-corrected chi connectivity index (χ1v) is 9.72. The number of nitrogens with zero attached hydrogens (tertiary/aromatic N) is 5. The van der Waals surface area contributed by atoms with Crippen LogP contribution < -0.4 is 0 Å². The van der Waals surface area contributed by atoms with Crippen molar-refractivity contribution < 1.29 is 23.1 Å². The lowest BCUT2D eigenvalue weighted by molar-refractivity contribution is -0.192. The molecule has 1 unspecified atom stereocenters. The summed E-state index contributed by atoms with van der Waals surface area (Å²) in [6.45, 7) is 6.12. The largest absolute Gasteiger partial charge is 0.490 e. The number of rotatable bonds is 4. The zero-order valence-corrected chi connectivity index (χ0v) is 16.4. The van der Waals surface area contributed by atoms with E-state index >= 15 is 0 Å². The molecule has 11 heteroatoms. The second-order valence-electron chi connectivity index (χ2n) is 6.49. The molecular weight excluding hydrogens is 407 g/mol. The first-order chi connectivity index (χ1) is 13.8. The molecule has 0 saturated heterocycles. The van der Waals surface area contributed by atoms with E-state index in [9.17, 15) is 13.2 Å². The van der Waals surface area contributed by atoms with E-state index in [1.165, 1.54) is 16.4 Å². The van der Waals surface area contributed by atoms with Gasteiger partial charge in [0.1, 0.15) is 5.82 Å². The van der Waals surface area contributed by atoms with E-state index in [-0.39, 0.29) is 0 Å². The van der Waals surface area contributed by atoms with Gasteiger partial charge >= 0.3 is 12.1 Å². The maximum Gasteiger partial charge on any atom is 0.490 e. The van der Waals surface area contributed by atoms with Crippen LogP contribution in [0.1, 0.15) is 29.4 Å². The normalized spacial score (nSPS) is 16.8. The summed E-state index contributed by atoms with van der Waals surface area (Å²) in [6, 6.07) is 6.64. The Hall–Kier alpha value is -2.66. The van der Waals surface area contributed by atoms with Gasteiger partial charge in [0.05, 0.1) is 24.5 Å². The lowest BCUT2D eigenvalue weighted by Crippen LogP contribution is -2.37. The molecule has 1 atom stereocenters. The number of halogens is 3. The Kier molecular flexibility index (Phi) is 6.38. The highest BCUT2D eigenvalue weighted by Gasteiger charge is 2.38. The number of aromatic nitrogens is 4. The predicted molar refractivity (Wildman–Crippen MR) is 100 cm³/mol. The van der Waals surface area contributed by atoms with Gasteiger partial charge in [-0.1, -0.05) is 6.07 Å². The molecule has 0 spiro atoms. The molecule has 156 valence electrons. The summed E-state index contributed by atoms with van der Waals surface area (Å²) in [6.07, 6.45) is 0.732. The number of aliphatic carboxylic acids is 1. The summed E-state index contributed by atoms with van der Waals surface area (Å²) >= 11 is 1.83. The van der Waals surface area contributed by atoms with Gasteiger partial charge < -0.3 is 9.67 Å². The molecule has 3 aromatic rings. The van der Waals surface area contributed by atoms with E-state index in [2.05, 4.69) is 44.0 Å². The Morgan fingerprint density at radius 1 is 1.31 bits per heavy atom. The van der Waals surface area contributed by atoms with Gasteiger partial charge in [0.15, 0.2) is 0 Å². The fraction of sp³-hybridized carbons (Fsp3) is 0.389. The van der Waals surface area contributed by atoms with E-state index in [1.807, 2.05) is 40.7 Å². The van der Waals surface area contributed by atoms with E-state index in [0.717, 1.165) is 26.2 Å². The van der Waals surface area contributed by atoms with Gasteiger partial charge in [-0.05, 0) is 24.4 Å². The minimum absolute atomic E-state index is 0.349. The number of hydrogen-bond donors (Lipinski definition) is 1. The molecule has 3 aromatic heterocycles. The van der Waals surface area contributed by atoms with E-state index in [4.69, 9.17) is 9.90 Å². The first-order valence-electron chi connectivity index (χ1n) is 8.84. The lowest BCUT2D eigenvalue weighted by atomic mass is 10.2. The minimum atomic E-state index is -5.08. The second kappa shape index (κ2) is 8.78. The second-order valence-corrected chi connectivity index (χ2v) is 7.52. The Labute approximate surface area is 169 Å². The fourth-order valence-corrected chi connectivity index (χ4v) is 3.84. The van der Waals surface area contributed by atoms with Crippen molar-refractivity contribution in [3.05, 3.63) is 58.6 Å². The Bertz CT molecular complexity index is 922. The maximum atomic E-state index is 10.6. The van der Waals surface area contributed by atoms with Crippen LogP contribution in [0.15, 0.2) is 42.2 Å². The van der Waals surface area contributed by atoms with Gasteiger partial charge in [-0.3, -0.25) is 9.58 Å². The van der Waals surface area contributed by atoms with Crippen LogP contribution in [0.25, 0.3) is 0 Å². The van der Waals surface area contributed by atoms with E-state index in [1.54, 1.807) is 0 Å². The van der Waals surface area contributed by atoms with E-state index < -0.39 is 12.1 Å². The Morgan fingerprint density at radius 3 is 2.66 bits per heavy atom. The van der Waals surface area contributed by atoms with Gasteiger partial charge in [-0.2, -0.15) is 18.3 Å². The van der Waals surface area contributed by atoms with Gasteiger partial charge in [0, 0.05) is 36.9 Å². The summed E-state index contributed by atoms with van der Waals surface area (Å²) < 4.78 is 36.0. The van der Waals surface area contributed by atoms with Crippen molar-refractivity contribution in [1.82, 2.24) is 24.2 Å². The number of fused-ring (bicyclic) bond motifs is 1. The van der Waals surface area contributed by atoms with Crippen LogP contribution in [-0.2, 0) is 24.4 Å². The summed E-state index contributed by atoms with van der Waals surface area (Å²) in [5.41, 5.74) is 1.24. The van der Waals surface area contributed by atoms with E-state index in [0.29, 0.717) is 6.04 Å². The highest BCUT2D eigenvalue weighted by atomic mass is 32.1. The summed E-state index contributed by atoms with van der Waals surface area (Å²) in [7, 11) is 0. The molecular formula is C18H20F3N5O2S. The summed E-state index contributed by atoms with van der Waals surface area (Å²) in [5.74, 6) is -1.59. The average Bonchev–Trinajstić information content (AvgIpc) is 3.41. The molecule has 29 heavy (non-hydrogen) atoms. The van der Waals surface area contributed by atoms with Crippen molar-refractivity contribution in [2.75, 3.05) is 6.54 Å². The van der Waals surface area contributed by atoms with Crippen molar-refractivity contribution in [3.63, 3.8) is 0 Å². The van der Waals surface area contributed by atoms with Crippen LogP contribution in [0.5, 0.6) is 0 Å². The number of thiophene rings is 1. The molecule has 0 amide bonds. The van der Waals surface area contributed by atoms with Gasteiger partial charge in [0.2, 0.25) is 0 Å².